The smallest absolute Gasteiger partial charge is 0.117 e. The topological polar surface area (TPSA) is 37.9 Å². The molecule has 1 heterocycles. The van der Waals surface area contributed by atoms with Crippen LogP contribution in [0.3, 0.4) is 0 Å². The predicted octanol–water partition coefficient (Wildman–Crippen LogP) is 2.40. The second-order valence-corrected chi connectivity index (χ2v) is 3.89. The van der Waals surface area contributed by atoms with Gasteiger partial charge < -0.3 is 9.72 Å². The summed E-state index contributed by atoms with van der Waals surface area (Å²) in [6, 6.07) is 8.05. The third-order valence-electron chi connectivity index (χ3n) is 1.88. The number of ether oxygens (including phenoxy) is 1. The highest BCUT2D eigenvalue weighted by Gasteiger charge is 2.00. The van der Waals surface area contributed by atoms with Crippen molar-refractivity contribution in [3.63, 3.8) is 0 Å². The second kappa shape index (κ2) is 4.48. The minimum Gasteiger partial charge on any atom is -0.374 e. The van der Waals surface area contributed by atoms with Crippen molar-refractivity contribution in [3.05, 3.63) is 30.1 Å². The molecule has 0 fully saturated rings. The number of aromatic amines is 1. The molecule has 0 atom stereocenters. The summed E-state index contributed by atoms with van der Waals surface area (Å²) in [7, 11) is 1.70. The quantitative estimate of drug-likeness (QED) is 0.619. The number of nitrogens with zero attached hydrogens (tertiary/aromatic N) is 1. The molecule has 1 aromatic carbocycles. The first-order valence-corrected chi connectivity index (χ1v) is 5.56. The Bertz CT molecular complexity index is 380. The Balaban J connectivity index is 2.11. The minimum absolute atomic E-state index is 0.705. The molecule has 0 saturated heterocycles. The van der Waals surface area contributed by atoms with Crippen LogP contribution < -0.4 is 0 Å². The van der Waals surface area contributed by atoms with Crippen molar-refractivity contribution in [2.75, 3.05) is 13.0 Å². The van der Waals surface area contributed by atoms with Crippen LogP contribution >= 0.6 is 11.8 Å². The zero-order valence-electron chi connectivity index (χ0n) is 7.99. The number of nitrogens with one attached hydrogen (secondary N) is 1. The van der Waals surface area contributed by atoms with Crippen LogP contribution in [0.2, 0.25) is 0 Å². The summed E-state index contributed by atoms with van der Waals surface area (Å²) >= 11 is 1.71. The third kappa shape index (κ3) is 2.08. The maximum Gasteiger partial charge on any atom is 0.117 e. The second-order valence-electron chi connectivity index (χ2n) is 2.96. The van der Waals surface area contributed by atoms with Gasteiger partial charge in [-0.2, -0.15) is 0 Å². The number of thioether (sulfide) groups is 1. The lowest BCUT2D eigenvalue weighted by Gasteiger charge is -1.95. The van der Waals surface area contributed by atoms with Crippen LogP contribution in [-0.4, -0.2) is 23.0 Å². The lowest BCUT2D eigenvalue weighted by atomic mass is 10.3. The molecule has 0 saturated carbocycles. The van der Waals surface area contributed by atoms with Crippen molar-refractivity contribution in [2.24, 2.45) is 0 Å². The Morgan fingerprint density at radius 2 is 2.29 bits per heavy atom. The number of hydrogen-bond donors (Lipinski definition) is 1. The number of benzene rings is 1. The molecule has 0 bridgehead atoms. The van der Waals surface area contributed by atoms with E-state index in [9.17, 15) is 0 Å². The summed E-state index contributed by atoms with van der Waals surface area (Å²) in [6.45, 7) is 0. The van der Waals surface area contributed by atoms with Crippen molar-refractivity contribution >= 4 is 22.8 Å². The van der Waals surface area contributed by atoms with E-state index >= 15 is 0 Å². The van der Waals surface area contributed by atoms with E-state index in [-0.39, 0.29) is 0 Å². The summed E-state index contributed by atoms with van der Waals surface area (Å²) in [4.78, 5) is 7.72. The molecule has 3 nitrogen and oxygen atoms in total. The van der Waals surface area contributed by atoms with E-state index in [4.69, 9.17) is 4.74 Å². The molecule has 0 aliphatic carbocycles. The summed E-state index contributed by atoms with van der Waals surface area (Å²) in [5.74, 6) is 2.58. The van der Waals surface area contributed by atoms with Gasteiger partial charge in [0.15, 0.2) is 0 Å². The average molecular weight is 208 g/mol. The molecule has 2 rings (SSSR count). The summed E-state index contributed by atoms with van der Waals surface area (Å²) in [5, 5.41) is 0. The molecular weight excluding hydrogens is 196 g/mol. The van der Waals surface area contributed by atoms with Crippen LogP contribution in [-0.2, 0) is 10.5 Å². The Labute approximate surface area is 86.9 Å². The number of imidazole rings is 1. The van der Waals surface area contributed by atoms with Crippen molar-refractivity contribution in [1.29, 1.82) is 0 Å². The van der Waals surface area contributed by atoms with E-state index in [1.165, 1.54) is 0 Å². The molecule has 74 valence electrons. The SMILES string of the molecule is COCSCc1nc2ccccc2[nH]1. The standard InChI is InChI=1S/C10H12N2OS/c1-13-7-14-6-10-11-8-4-2-3-5-9(8)12-10/h2-5H,6-7H2,1H3,(H,11,12). The van der Waals surface area contributed by atoms with E-state index in [2.05, 4.69) is 9.97 Å². The van der Waals surface area contributed by atoms with Crippen LogP contribution in [0.15, 0.2) is 24.3 Å². The zero-order valence-corrected chi connectivity index (χ0v) is 8.80. The van der Waals surface area contributed by atoms with Crippen LogP contribution in [0.25, 0.3) is 11.0 Å². The maximum atomic E-state index is 4.96. The largest absolute Gasteiger partial charge is 0.374 e. The minimum atomic E-state index is 0.705. The zero-order chi connectivity index (χ0) is 9.80. The van der Waals surface area contributed by atoms with Gasteiger partial charge in [0.2, 0.25) is 0 Å². The highest BCUT2D eigenvalue weighted by atomic mass is 32.2. The van der Waals surface area contributed by atoms with Crippen molar-refractivity contribution < 1.29 is 4.74 Å². The van der Waals surface area contributed by atoms with E-state index < -0.39 is 0 Å². The molecule has 0 aliphatic rings. The number of fused-ring (bicyclic) bond motifs is 1. The van der Waals surface area contributed by atoms with E-state index in [1.807, 2.05) is 24.3 Å². The highest BCUT2D eigenvalue weighted by Crippen LogP contribution is 2.14. The lowest BCUT2D eigenvalue weighted by molar-refractivity contribution is 0.258. The fraction of sp³-hybridized carbons (Fsp3) is 0.300. The summed E-state index contributed by atoms with van der Waals surface area (Å²) in [6.07, 6.45) is 0. The molecule has 0 aliphatic heterocycles. The molecule has 0 amide bonds. The summed E-state index contributed by atoms with van der Waals surface area (Å²) < 4.78 is 4.96. The Morgan fingerprint density at radius 3 is 3.07 bits per heavy atom. The van der Waals surface area contributed by atoms with Crippen LogP contribution in [0.4, 0.5) is 0 Å². The average Bonchev–Trinajstić information content (AvgIpc) is 2.60. The van der Waals surface area contributed by atoms with Gasteiger partial charge in [0, 0.05) is 7.11 Å². The van der Waals surface area contributed by atoms with Gasteiger partial charge in [0.25, 0.3) is 0 Å². The Kier molecular flexibility index (Phi) is 3.06. The number of H-pyrrole nitrogens is 1. The molecule has 0 spiro atoms. The number of methoxy groups -OCH3 is 1. The van der Waals surface area contributed by atoms with Gasteiger partial charge in [0.1, 0.15) is 5.82 Å². The lowest BCUT2D eigenvalue weighted by Crippen LogP contribution is -1.86. The van der Waals surface area contributed by atoms with Crippen molar-refractivity contribution in [3.8, 4) is 0 Å². The van der Waals surface area contributed by atoms with Gasteiger partial charge in [-0.3, -0.25) is 0 Å². The first-order valence-electron chi connectivity index (χ1n) is 4.40. The predicted molar refractivity (Wildman–Crippen MR) is 59.3 cm³/mol. The monoisotopic (exact) mass is 208 g/mol. The third-order valence-corrected chi connectivity index (χ3v) is 2.76. The Hall–Kier alpha value is -1.00. The number of aromatic nitrogens is 2. The molecule has 1 aromatic heterocycles. The van der Waals surface area contributed by atoms with Gasteiger partial charge in [-0.1, -0.05) is 12.1 Å². The molecule has 14 heavy (non-hydrogen) atoms. The maximum absolute atomic E-state index is 4.96. The van der Waals surface area contributed by atoms with Crippen LogP contribution in [0, 0.1) is 0 Å². The van der Waals surface area contributed by atoms with Gasteiger partial charge in [-0.15, -0.1) is 11.8 Å². The van der Waals surface area contributed by atoms with E-state index in [1.54, 1.807) is 18.9 Å². The van der Waals surface area contributed by atoms with Crippen LogP contribution in [0.5, 0.6) is 0 Å². The fourth-order valence-electron chi connectivity index (χ4n) is 1.30. The molecule has 0 unspecified atom stereocenters. The van der Waals surface area contributed by atoms with E-state index in [0.717, 1.165) is 22.6 Å². The van der Waals surface area contributed by atoms with Crippen molar-refractivity contribution in [1.82, 2.24) is 9.97 Å². The van der Waals surface area contributed by atoms with Crippen molar-refractivity contribution in [2.45, 2.75) is 5.75 Å². The van der Waals surface area contributed by atoms with Gasteiger partial charge >= 0.3 is 0 Å². The molecule has 2 aromatic rings. The van der Waals surface area contributed by atoms with Gasteiger partial charge in [-0.05, 0) is 12.1 Å². The van der Waals surface area contributed by atoms with E-state index in [0.29, 0.717) is 5.94 Å². The normalized spacial score (nSPS) is 10.9. The molecule has 1 N–H and O–H groups in total. The molecular formula is C10H12N2OS. The first-order chi connectivity index (χ1) is 6.90. The number of hydrogen-bond acceptors (Lipinski definition) is 3. The van der Waals surface area contributed by atoms with Gasteiger partial charge in [-0.25, -0.2) is 4.98 Å². The fourth-order valence-corrected chi connectivity index (χ4v) is 1.88. The highest BCUT2D eigenvalue weighted by molar-refractivity contribution is 7.98. The van der Waals surface area contributed by atoms with Crippen LogP contribution in [0.1, 0.15) is 5.82 Å². The number of para-hydroxylation sites is 2. The van der Waals surface area contributed by atoms with Gasteiger partial charge in [0.05, 0.1) is 22.7 Å². The first kappa shape index (κ1) is 9.55. The summed E-state index contributed by atoms with van der Waals surface area (Å²) in [5.41, 5.74) is 2.13. The molecule has 4 heteroatoms. The molecule has 0 radical (unpaired) electrons. The number of rotatable bonds is 4. The Morgan fingerprint density at radius 1 is 1.43 bits per heavy atom.